The Bertz CT molecular complexity index is 503. The molecule has 1 N–H and O–H groups in total. The highest BCUT2D eigenvalue weighted by atomic mass is 16.4. The molecule has 1 aliphatic rings. The molecule has 0 aliphatic carbocycles. The lowest BCUT2D eigenvalue weighted by atomic mass is 10.1. The number of aryl methyl sites for hydroxylation is 1. The second kappa shape index (κ2) is 6.57. The number of hydrogen-bond donors (Lipinski definition) is 1. The van der Waals surface area contributed by atoms with E-state index in [-0.39, 0.29) is 0 Å². The number of nitrogens with zero attached hydrogens (tertiary/aromatic N) is 2. The standard InChI is InChI=1S/C16H22N2O2/c1-3-17-8-10-18(11-9-17)15-6-4-13(2)12-14(15)5-7-16(19)20/h4-7,12H,3,8-11H2,1-2H3,(H,19,20)/b7-5+. The molecule has 0 saturated carbocycles. The zero-order valence-electron chi connectivity index (χ0n) is 12.2. The van der Waals surface area contributed by atoms with E-state index in [1.54, 1.807) is 6.08 Å². The minimum Gasteiger partial charge on any atom is -0.478 e. The Morgan fingerprint density at radius 3 is 2.60 bits per heavy atom. The van der Waals surface area contributed by atoms with Crippen molar-refractivity contribution in [3.8, 4) is 0 Å². The molecule has 20 heavy (non-hydrogen) atoms. The van der Waals surface area contributed by atoms with E-state index in [1.165, 1.54) is 6.08 Å². The number of hydrogen-bond acceptors (Lipinski definition) is 3. The number of rotatable bonds is 4. The third-order valence-electron chi connectivity index (χ3n) is 3.75. The smallest absolute Gasteiger partial charge is 0.328 e. The maximum atomic E-state index is 10.7. The fraction of sp³-hybridized carbons (Fsp3) is 0.438. The molecule has 1 heterocycles. The Morgan fingerprint density at radius 2 is 2.00 bits per heavy atom. The number of piperazine rings is 1. The number of benzene rings is 1. The molecule has 4 heteroatoms. The van der Waals surface area contributed by atoms with Gasteiger partial charge < -0.3 is 14.9 Å². The van der Waals surface area contributed by atoms with Gasteiger partial charge in [-0.2, -0.15) is 0 Å². The first-order valence-electron chi connectivity index (χ1n) is 7.09. The zero-order chi connectivity index (χ0) is 14.5. The lowest BCUT2D eigenvalue weighted by Crippen LogP contribution is -2.46. The molecule has 1 aromatic carbocycles. The van der Waals surface area contributed by atoms with E-state index in [0.29, 0.717) is 0 Å². The topological polar surface area (TPSA) is 43.8 Å². The molecular formula is C16H22N2O2. The van der Waals surface area contributed by atoms with Crippen LogP contribution in [-0.2, 0) is 4.79 Å². The van der Waals surface area contributed by atoms with Crippen molar-refractivity contribution in [2.24, 2.45) is 0 Å². The van der Waals surface area contributed by atoms with Gasteiger partial charge in [-0.05, 0) is 37.2 Å². The van der Waals surface area contributed by atoms with E-state index in [9.17, 15) is 4.79 Å². The quantitative estimate of drug-likeness (QED) is 0.855. The van der Waals surface area contributed by atoms with Crippen LogP contribution < -0.4 is 4.90 Å². The number of carboxylic acids is 1. The van der Waals surface area contributed by atoms with Gasteiger partial charge in [-0.15, -0.1) is 0 Å². The molecule has 0 atom stereocenters. The summed E-state index contributed by atoms with van der Waals surface area (Å²) in [6, 6.07) is 6.22. The molecule has 0 amide bonds. The molecule has 0 aromatic heterocycles. The van der Waals surface area contributed by atoms with Crippen LogP contribution in [0.4, 0.5) is 5.69 Å². The van der Waals surface area contributed by atoms with Crippen LogP contribution in [0.15, 0.2) is 24.3 Å². The Kier molecular flexibility index (Phi) is 4.79. The molecule has 1 fully saturated rings. The summed E-state index contributed by atoms with van der Waals surface area (Å²) in [5.74, 6) is -0.909. The van der Waals surface area contributed by atoms with Gasteiger partial charge in [0.05, 0.1) is 0 Å². The Morgan fingerprint density at radius 1 is 1.30 bits per heavy atom. The minimum absolute atomic E-state index is 0.909. The first kappa shape index (κ1) is 14.6. The molecular weight excluding hydrogens is 252 g/mol. The average molecular weight is 274 g/mol. The van der Waals surface area contributed by atoms with Gasteiger partial charge in [0.1, 0.15) is 0 Å². The van der Waals surface area contributed by atoms with Crippen molar-refractivity contribution < 1.29 is 9.90 Å². The maximum Gasteiger partial charge on any atom is 0.328 e. The molecule has 0 unspecified atom stereocenters. The monoisotopic (exact) mass is 274 g/mol. The summed E-state index contributed by atoms with van der Waals surface area (Å²) in [5, 5.41) is 8.80. The summed E-state index contributed by atoms with van der Waals surface area (Å²) < 4.78 is 0. The van der Waals surface area contributed by atoms with Crippen molar-refractivity contribution in [1.29, 1.82) is 0 Å². The number of carboxylic acid groups (broad SMARTS) is 1. The normalized spacial score (nSPS) is 16.8. The molecule has 0 radical (unpaired) electrons. The van der Waals surface area contributed by atoms with Crippen LogP contribution in [0, 0.1) is 6.92 Å². The first-order chi connectivity index (χ1) is 9.60. The Balaban J connectivity index is 2.20. The van der Waals surface area contributed by atoms with Gasteiger partial charge in [0.25, 0.3) is 0 Å². The SMILES string of the molecule is CCN1CCN(c2ccc(C)cc2/C=C/C(=O)O)CC1. The van der Waals surface area contributed by atoms with Crippen molar-refractivity contribution >= 4 is 17.7 Å². The fourth-order valence-corrected chi connectivity index (χ4v) is 2.56. The van der Waals surface area contributed by atoms with Crippen LogP contribution in [0.25, 0.3) is 6.08 Å². The van der Waals surface area contributed by atoms with E-state index in [4.69, 9.17) is 5.11 Å². The van der Waals surface area contributed by atoms with Gasteiger partial charge in [-0.25, -0.2) is 4.79 Å². The molecule has 108 valence electrons. The summed E-state index contributed by atoms with van der Waals surface area (Å²) in [7, 11) is 0. The average Bonchev–Trinajstić information content (AvgIpc) is 2.45. The van der Waals surface area contributed by atoms with Crippen LogP contribution in [0.1, 0.15) is 18.1 Å². The van der Waals surface area contributed by atoms with Crippen molar-refractivity contribution in [1.82, 2.24) is 4.90 Å². The number of anilines is 1. The first-order valence-corrected chi connectivity index (χ1v) is 7.09. The Labute approximate surface area is 120 Å². The summed E-state index contributed by atoms with van der Waals surface area (Å²) in [5.41, 5.74) is 3.26. The molecule has 2 rings (SSSR count). The van der Waals surface area contributed by atoms with Crippen molar-refractivity contribution in [3.05, 3.63) is 35.4 Å². The van der Waals surface area contributed by atoms with Gasteiger partial charge in [0.15, 0.2) is 0 Å². The predicted octanol–water partition coefficient (Wildman–Crippen LogP) is 2.23. The van der Waals surface area contributed by atoms with Gasteiger partial charge in [0, 0.05) is 37.9 Å². The van der Waals surface area contributed by atoms with E-state index in [2.05, 4.69) is 28.9 Å². The Hall–Kier alpha value is -1.81. The third-order valence-corrected chi connectivity index (χ3v) is 3.75. The molecule has 1 aliphatic heterocycles. The van der Waals surface area contributed by atoms with E-state index >= 15 is 0 Å². The molecule has 0 bridgehead atoms. The third kappa shape index (κ3) is 3.61. The summed E-state index contributed by atoms with van der Waals surface area (Å²) in [4.78, 5) is 15.5. The summed E-state index contributed by atoms with van der Waals surface area (Å²) in [6.07, 6.45) is 2.90. The second-order valence-electron chi connectivity index (χ2n) is 5.16. The highest BCUT2D eigenvalue weighted by molar-refractivity contribution is 5.87. The van der Waals surface area contributed by atoms with Gasteiger partial charge in [0.2, 0.25) is 0 Å². The number of likely N-dealkylation sites (N-methyl/N-ethyl adjacent to an activating group) is 1. The number of carbonyl (C=O) groups is 1. The highest BCUT2D eigenvalue weighted by Gasteiger charge is 2.17. The van der Waals surface area contributed by atoms with E-state index < -0.39 is 5.97 Å². The minimum atomic E-state index is -0.909. The molecule has 1 aromatic rings. The van der Waals surface area contributed by atoms with Crippen LogP contribution >= 0.6 is 0 Å². The van der Waals surface area contributed by atoms with Crippen LogP contribution in [-0.4, -0.2) is 48.7 Å². The number of aliphatic carboxylic acids is 1. The van der Waals surface area contributed by atoms with Crippen LogP contribution in [0.5, 0.6) is 0 Å². The summed E-state index contributed by atoms with van der Waals surface area (Å²) in [6.45, 7) is 9.40. The van der Waals surface area contributed by atoms with Crippen LogP contribution in [0.2, 0.25) is 0 Å². The summed E-state index contributed by atoms with van der Waals surface area (Å²) >= 11 is 0. The largest absolute Gasteiger partial charge is 0.478 e. The zero-order valence-corrected chi connectivity index (χ0v) is 12.2. The van der Waals surface area contributed by atoms with Crippen molar-refractivity contribution in [2.75, 3.05) is 37.6 Å². The second-order valence-corrected chi connectivity index (χ2v) is 5.16. The highest BCUT2D eigenvalue weighted by Crippen LogP contribution is 2.24. The van der Waals surface area contributed by atoms with Gasteiger partial charge in [-0.3, -0.25) is 0 Å². The maximum absolute atomic E-state index is 10.7. The van der Waals surface area contributed by atoms with Crippen LogP contribution in [0.3, 0.4) is 0 Å². The predicted molar refractivity (Wildman–Crippen MR) is 82.2 cm³/mol. The molecule has 1 saturated heterocycles. The van der Waals surface area contributed by atoms with E-state index in [0.717, 1.165) is 49.5 Å². The lowest BCUT2D eigenvalue weighted by molar-refractivity contribution is -0.131. The van der Waals surface area contributed by atoms with Gasteiger partial charge >= 0.3 is 5.97 Å². The lowest BCUT2D eigenvalue weighted by Gasteiger charge is -2.36. The molecule has 0 spiro atoms. The fourth-order valence-electron chi connectivity index (χ4n) is 2.56. The van der Waals surface area contributed by atoms with Crippen molar-refractivity contribution in [2.45, 2.75) is 13.8 Å². The molecule has 4 nitrogen and oxygen atoms in total. The van der Waals surface area contributed by atoms with E-state index in [1.807, 2.05) is 13.0 Å². The van der Waals surface area contributed by atoms with Crippen molar-refractivity contribution in [3.63, 3.8) is 0 Å². The van der Waals surface area contributed by atoms with Gasteiger partial charge in [-0.1, -0.05) is 18.6 Å².